The summed E-state index contributed by atoms with van der Waals surface area (Å²) in [5, 5.41) is 4.57. The summed E-state index contributed by atoms with van der Waals surface area (Å²) in [7, 11) is 0. The van der Waals surface area contributed by atoms with Gasteiger partial charge in [0.15, 0.2) is 5.65 Å². The number of carbonyl (C=O) groups is 1. The zero-order valence-electron chi connectivity index (χ0n) is 13.6. The molecule has 0 aliphatic carbocycles. The molecule has 2 aromatic rings. The van der Waals surface area contributed by atoms with Gasteiger partial charge in [0.2, 0.25) is 0 Å². The van der Waals surface area contributed by atoms with Gasteiger partial charge in [0.25, 0.3) is 0 Å². The van der Waals surface area contributed by atoms with Crippen LogP contribution >= 0.6 is 27.5 Å². The molecule has 3 rings (SSSR count). The molecule has 0 aromatic carbocycles. The quantitative estimate of drug-likeness (QED) is 0.665. The smallest absolute Gasteiger partial charge is 0.410 e. The first-order chi connectivity index (χ1) is 11.2. The van der Waals surface area contributed by atoms with Gasteiger partial charge in [-0.1, -0.05) is 11.6 Å². The molecular weight excluding hydrogens is 400 g/mol. The first-order valence-corrected chi connectivity index (χ1v) is 8.71. The van der Waals surface area contributed by atoms with E-state index in [0.717, 1.165) is 4.47 Å². The third-order valence-electron chi connectivity index (χ3n) is 3.45. The lowest BCUT2D eigenvalue weighted by atomic mass is 10.2. The van der Waals surface area contributed by atoms with E-state index in [2.05, 4.69) is 26.0 Å². The summed E-state index contributed by atoms with van der Waals surface area (Å²) < 4.78 is 13.5. The molecule has 0 radical (unpaired) electrons. The van der Waals surface area contributed by atoms with Crippen LogP contribution in [0, 0.1) is 0 Å². The van der Waals surface area contributed by atoms with Crippen LogP contribution < -0.4 is 0 Å². The van der Waals surface area contributed by atoms with Crippen molar-refractivity contribution < 1.29 is 14.3 Å². The molecule has 7 nitrogen and oxygen atoms in total. The number of rotatable bonds is 1. The highest BCUT2D eigenvalue weighted by molar-refractivity contribution is 9.10. The lowest BCUT2D eigenvalue weighted by molar-refractivity contribution is -0.0446. The SMILES string of the molecule is CC(C)(C)OC(=O)N1CCOC(c2cc(Cl)n3ncc(Br)c3n2)C1. The molecule has 2 aromatic heterocycles. The summed E-state index contributed by atoms with van der Waals surface area (Å²) in [6.45, 7) is 6.78. The van der Waals surface area contributed by atoms with Gasteiger partial charge in [-0.25, -0.2) is 14.3 Å². The Morgan fingerprint density at radius 1 is 1.50 bits per heavy atom. The fourth-order valence-electron chi connectivity index (χ4n) is 2.40. The number of fused-ring (bicyclic) bond motifs is 1. The van der Waals surface area contributed by atoms with Crippen molar-refractivity contribution in [2.24, 2.45) is 0 Å². The second kappa shape index (κ2) is 6.50. The van der Waals surface area contributed by atoms with Crippen molar-refractivity contribution in [2.75, 3.05) is 19.7 Å². The number of morpholine rings is 1. The molecule has 0 spiro atoms. The van der Waals surface area contributed by atoms with Crippen molar-refractivity contribution in [3.05, 3.63) is 27.6 Å². The van der Waals surface area contributed by atoms with Gasteiger partial charge in [-0.05, 0) is 42.8 Å². The van der Waals surface area contributed by atoms with E-state index in [1.165, 1.54) is 4.52 Å². The predicted molar refractivity (Wildman–Crippen MR) is 92.2 cm³/mol. The first-order valence-electron chi connectivity index (χ1n) is 7.54. The van der Waals surface area contributed by atoms with Gasteiger partial charge in [-0.3, -0.25) is 0 Å². The molecule has 3 heterocycles. The maximum Gasteiger partial charge on any atom is 0.410 e. The molecule has 1 atom stereocenters. The van der Waals surface area contributed by atoms with Crippen molar-refractivity contribution >= 4 is 39.3 Å². The van der Waals surface area contributed by atoms with Crippen LogP contribution in [0.3, 0.4) is 0 Å². The normalized spacial score (nSPS) is 18.9. The van der Waals surface area contributed by atoms with Crippen LogP contribution in [0.1, 0.15) is 32.6 Å². The van der Waals surface area contributed by atoms with Crippen LogP contribution in [0.2, 0.25) is 5.15 Å². The third-order valence-corrected chi connectivity index (χ3v) is 4.28. The molecule has 0 saturated carbocycles. The lowest BCUT2D eigenvalue weighted by Gasteiger charge is -2.34. The summed E-state index contributed by atoms with van der Waals surface area (Å²) in [5.74, 6) is 0. The Morgan fingerprint density at radius 3 is 2.96 bits per heavy atom. The molecule has 24 heavy (non-hydrogen) atoms. The maximum absolute atomic E-state index is 12.3. The molecule has 1 aliphatic heterocycles. The number of amides is 1. The number of nitrogens with zero attached hydrogens (tertiary/aromatic N) is 4. The summed E-state index contributed by atoms with van der Waals surface area (Å²) in [4.78, 5) is 18.4. The summed E-state index contributed by atoms with van der Waals surface area (Å²) in [6, 6.07) is 1.71. The molecule has 130 valence electrons. The van der Waals surface area contributed by atoms with Gasteiger partial charge in [-0.15, -0.1) is 0 Å². The molecule has 1 aliphatic rings. The number of carbonyl (C=O) groups excluding carboxylic acids is 1. The van der Waals surface area contributed by atoms with E-state index in [9.17, 15) is 4.79 Å². The van der Waals surface area contributed by atoms with Crippen LogP contribution in [0.5, 0.6) is 0 Å². The lowest BCUT2D eigenvalue weighted by Crippen LogP contribution is -2.44. The summed E-state index contributed by atoms with van der Waals surface area (Å²) in [5.41, 5.74) is 0.728. The summed E-state index contributed by atoms with van der Waals surface area (Å²) in [6.07, 6.45) is 0.913. The Hall–Kier alpha value is -1.38. The number of ether oxygens (including phenoxy) is 2. The van der Waals surface area contributed by atoms with Crippen LogP contribution in [-0.4, -0.2) is 50.9 Å². The van der Waals surface area contributed by atoms with E-state index in [0.29, 0.717) is 36.2 Å². The van der Waals surface area contributed by atoms with Crippen LogP contribution in [0.25, 0.3) is 5.65 Å². The predicted octanol–water partition coefficient (Wildman–Crippen LogP) is 3.45. The fraction of sp³-hybridized carbons (Fsp3) is 0.533. The maximum atomic E-state index is 12.3. The topological polar surface area (TPSA) is 69.0 Å². The summed E-state index contributed by atoms with van der Waals surface area (Å²) >= 11 is 9.66. The highest BCUT2D eigenvalue weighted by atomic mass is 79.9. The largest absolute Gasteiger partial charge is 0.444 e. The molecule has 1 saturated heterocycles. The van der Waals surface area contributed by atoms with Gasteiger partial charge in [0, 0.05) is 6.54 Å². The number of hydrogen-bond donors (Lipinski definition) is 0. The van der Waals surface area contributed by atoms with E-state index >= 15 is 0 Å². The van der Waals surface area contributed by atoms with Gasteiger partial charge in [-0.2, -0.15) is 5.10 Å². The Balaban J connectivity index is 1.82. The van der Waals surface area contributed by atoms with Crippen molar-refractivity contribution in [1.82, 2.24) is 19.5 Å². The van der Waals surface area contributed by atoms with Crippen molar-refractivity contribution in [1.29, 1.82) is 0 Å². The Labute approximate surface area is 153 Å². The minimum absolute atomic E-state index is 0.353. The highest BCUT2D eigenvalue weighted by Crippen LogP contribution is 2.27. The van der Waals surface area contributed by atoms with Crippen molar-refractivity contribution in [2.45, 2.75) is 32.5 Å². The average molecular weight is 418 g/mol. The second-order valence-electron chi connectivity index (χ2n) is 6.52. The minimum Gasteiger partial charge on any atom is -0.444 e. The van der Waals surface area contributed by atoms with Crippen molar-refractivity contribution in [3.8, 4) is 0 Å². The zero-order chi connectivity index (χ0) is 17.5. The average Bonchev–Trinajstić information content (AvgIpc) is 2.88. The number of halogens is 2. The second-order valence-corrected chi connectivity index (χ2v) is 7.76. The molecule has 0 bridgehead atoms. The molecule has 0 N–H and O–H groups in total. The van der Waals surface area contributed by atoms with E-state index in [-0.39, 0.29) is 12.2 Å². The molecule has 1 amide bonds. The van der Waals surface area contributed by atoms with Crippen LogP contribution in [-0.2, 0) is 9.47 Å². The van der Waals surface area contributed by atoms with Crippen molar-refractivity contribution in [3.63, 3.8) is 0 Å². The van der Waals surface area contributed by atoms with Gasteiger partial charge in [0.1, 0.15) is 16.9 Å². The van der Waals surface area contributed by atoms with E-state index < -0.39 is 5.60 Å². The third kappa shape index (κ3) is 3.65. The first kappa shape index (κ1) is 17.4. The van der Waals surface area contributed by atoms with E-state index in [4.69, 9.17) is 21.1 Å². The van der Waals surface area contributed by atoms with Gasteiger partial charge in [0.05, 0.1) is 29.5 Å². The van der Waals surface area contributed by atoms with Gasteiger partial charge < -0.3 is 14.4 Å². The highest BCUT2D eigenvalue weighted by Gasteiger charge is 2.30. The molecule has 1 unspecified atom stereocenters. The van der Waals surface area contributed by atoms with Crippen LogP contribution in [0.15, 0.2) is 16.7 Å². The number of aromatic nitrogens is 3. The molecule has 1 fully saturated rings. The van der Waals surface area contributed by atoms with Gasteiger partial charge >= 0.3 is 6.09 Å². The number of hydrogen-bond acceptors (Lipinski definition) is 5. The minimum atomic E-state index is -0.534. The Morgan fingerprint density at radius 2 is 2.25 bits per heavy atom. The van der Waals surface area contributed by atoms with Crippen LogP contribution in [0.4, 0.5) is 4.79 Å². The molecular formula is C15H18BrClN4O3. The Kier molecular flexibility index (Phi) is 4.72. The zero-order valence-corrected chi connectivity index (χ0v) is 16.0. The Bertz CT molecular complexity index is 774. The van der Waals surface area contributed by atoms with E-state index in [1.54, 1.807) is 17.2 Å². The monoisotopic (exact) mass is 416 g/mol. The van der Waals surface area contributed by atoms with E-state index in [1.807, 2.05) is 20.8 Å². The molecule has 9 heteroatoms. The standard InChI is InChI=1S/C15H18BrClN4O3/c1-15(2,3)24-14(22)20-4-5-23-11(8-20)10-6-12(17)21-13(19-10)9(16)7-18-21/h6-7,11H,4-5,8H2,1-3H3. The fourth-order valence-corrected chi connectivity index (χ4v) is 2.99.